The second-order valence-corrected chi connectivity index (χ2v) is 8.04. The topological polar surface area (TPSA) is 56.2 Å². The molecule has 146 valence electrons. The average Bonchev–Trinajstić information content (AvgIpc) is 2.97. The molecular formula is C19H15BrCl3N3O2. The Morgan fingerprint density at radius 3 is 2.57 bits per heavy atom. The standard InChI is InChI=1S/C19H15BrCl3N3O2/c1-26-17(14(20)8-25-26)9-24-19(27)12-4-2-3-11(5-12)10-28-18-15(22)6-13(21)7-16(18)23/h2-8H,9-10H2,1H3,(H,24,27). The first-order valence-electron chi connectivity index (χ1n) is 8.16. The molecule has 0 unspecified atom stereocenters. The Balaban J connectivity index is 1.66. The van der Waals surface area contributed by atoms with Gasteiger partial charge in [0.05, 0.1) is 33.0 Å². The first-order valence-corrected chi connectivity index (χ1v) is 10.1. The monoisotopic (exact) mass is 501 g/mol. The summed E-state index contributed by atoms with van der Waals surface area (Å²) in [6.07, 6.45) is 1.69. The molecule has 0 radical (unpaired) electrons. The summed E-state index contributed by atoms with van der Waals surface area (Å²) >= 11 is 21.6. The number of amides is 1. The van der Waals surface area contributed by atoms with Gasteiger partial charge in [0.1, 0.15) is 6.61 Å². The van der Waals surface area contributed by atoms with Gasteiger partial charge in [-0.25, -0.2) is 0 Å². The minimum atomic E-state index is -0.197. The SMILES string of the molecule is Cn1ncc(Br)c1CNC(=O)c1cccc(COc2c(Cl)cc(Cl)cc2Cl)c1. The Kier molecular flexibility index (Phi) is 6.88. The summed E-state index contributed by atoms with van der Waals surface area (Å²) in [6.45, 7) is 0.558. The summed E-state index contributed by atoms with van der Waals surface area (Å²) in [5.74, 6) is 0.154. The van der Waals surface area contributed by atoms with Gasteiger partial charge in [-0.15, -0.1) is 0 Å². The van der Waals surface area contributed by atoms with Gasteiger partial charge in [-0.3, -0.25) is 9.48 Å². The van der Waals surface area contributed by atoms with Gasteiger partial charge in [0, 0.05) is 17.6 Å². The van der Waals surface area contributed by atoms with E-state index in [1.54, 1.807) is 41.2 Å². The third-order valence-corrected chi connectivity index (χ3v) is 5.40. The van der Waals surface area contributed by atoms with E-state index in [0.717, 1.165) is 15.7 Å². The normalized spacial score (nSPS) is 10.8. The van der Waals surface area contributed by atoms with Crippen molar-refractivity contribution in [2.24, 2.45) is 7.05 Å². The first kappa shape index (κ1) is 21.0. The van der Waals surface area contributed by atoms with Gasteiger partial charge in [0.15, 0.2) is 5.75 Å². The number of rotatable bonds is 6. The van der Waals surface area contributed by atoms with Crippen molar-refractivity contribution in [1.82, 2.24) is 15.1 Å². The van der Waals surface area contributed by atoms with Crippen molar-refractivity contribution in [3.05, 3.63) is 79.0 Å². The number of nitrogens with zero attached hydrogens (tertiary/aromatic N) is 2. The van der Waals surface area contributed by atoms with Crippen LogP contribution in [0.1, 0.15) is 21.6 Å². The molecule has 0 aliphatic heterocycles. The third-order valence-electron chi connectivity index (χ3n) is 3.96. The molecule has 3 rings (SSSR count). The smallest absolute Gasteiger partial charge is 0.251 e. The fourth-order valence-corrected chi connectivity index (χ4v) is 3.94. The number of hydrogen-bond acceptors (Lipinski definition) is 3. The summed E-state index contributed by atoms with van der Waals surface area (Å²) in [5.41, 5.74) is 2.20. The summed E-state index contributed by atoms with van der Waals surface area (Å²) < 4.78 is 8.27. The molecule has 3 aromatic rings. The summed E-state index contributed by atoms with van der Waals surface area (Å²) in [6, 6.07) is 10.3. The molecule has 1 amide bonds. The van der Waals surface area contributed by atoms with Crippen LogP contribution in [-0.4, -0.2) is 15.7 Å². The maximum atomic E-state index is 12.5. The van der Waals surface area contributed by atoms with Crippen molar-refractivity contribution in [2.45, 2.75) is 13.2 Å². The fourth-order valence-electron chi connectivity index (χ4n) is 2.53. The minimum absolute atomic E-state index is 0.197. The average molecular weight is 504 g/mol. The van der Waals surface area contributed by atoms with E-state index in [0.29, 0.717) is 32.9 Å². The second kappa shape index (κ2) is 9.18. The van der Waals surface area contributed by atoms with Crippen LogP contribution in [0.15, 0.2) is 47.1 Å². The Hall–Kier alpha value is -1.73. The van der Waals surface area contributed by atoms with Gasteiger partial charge in [0.2, 0.25) is 0 Å². The van der Waals surface area contributed by atoms with Crippen molar-refractivity contribution >= 4 is 56.6 Å². The number of carbonyl (C=O) groups is 1. The van der Waals surface area contributed by atoms with Gasteiger partial charge in [0.25, 0.3) is 5.91 Å². The van der Waals surface area contributed by atoms with Gasteiger partial charge >= 0.3 is 0 Å². The minimum Gasteiger partial charge on any atom is -0.486 e. The lowest BCUT2D eigenvalue weighted by Gasteiger charge is -2.11. The molecule has 1 N–H and O–H groups in total. The van der Waals surface area contributed by atoms with E-state index < -0.39 is 0 Å². The van der Waals surface area contributed by atoms with Crippen LogP contribution in [-0.2, 0) is 20.2 Å². The predicted octanol–water partition coefficient (Wildman–Crippen LogP) is 5.65. The molecule has 5 nitrogen and oxygen atoms in total. The highest BCUT2D eigenvalue weighted by molar-refractivity contribution is 9.10. The van der Waals surface area contributed by atoms with Crippen molar-refractivity contribution in [3.8, 4) is 5.75 Å². The molecule has 0 saturated carbocycles. The third kappa shape index (κ3) is 5.00. The first-order chi connectivity index (χ1) is 13.3. The van der Waals surface area contributed by atoms with Crippen LogP contribution in [0, 0.1) is 0 Å². The lowest BCUT2D eigenvalue weighted by atomic mass is 10.1. The molecule has 0 atom stereocenters. The van der Waals surface area contributed by atoms with E-state index in [2.05, 4.69) is 26.3 Å². The largest absolute Gasteiger partial charge is 0.486 e. The maximum absolute atomic E-state index is 12.5. The maximum Gasteiger partial charge on any atom is 0.251 e. The second-order valence-electron chi connectivity index (χ2n) is 5.93. The van der Waals surface area contributed by atoms with E-state index in [4.69, 9.17) is 39.5 Å². The Bertz CT molecular complexity index is 981. The number of hydrogen-bond donors (Lipinski definition) is 1. The number of carbonyl (C=O) groups excluding carboxylic acids is 1. The van der Waals surface area contributed by atoms with Crippen molar-refractivity contribution in [3.63, 3.8) is 0 Å². The molecule has 0 saturated heterocycles. The number of aryl methyl sites for hydroxylation is 1. The summed E-state index contributed by atoms with van der Waals surface area (Å²) in [5, 5.41) is 8.09. The van der Waals surface area contributed by atoms with Gasteiger partial charge in [-0.05, 0) is 45.8 Å². The van der Waals surface area contributed by atoms with Crippen LogP contribution in [0.2, 0.25) is 15.1 Å². The van der Waals surface area contributed by atoms with Crippen LogP contribution < -0.4 is 10.1 Å². The van der Waals surface area contributed by atoms with Crippen molar-refractivity contribution < 1.29 is 9.53 Å². The van der Waals surface area contributed by atoms with Crippen LogP contribution in [0.4, 0.5) is 0 Å². The molecule has 0 aliphatic rings. The highest BCUT2D eigenvalue weighted by Crippen LogP contribution is 2.36. The Morgan fingerprint density at radius 1 is 1.21 bits per heavy atom. The zero-order chi connectivity index (χ0) is 20.3. The van der Waals surface area contributed by atoms with E-state index >= 15 is 0 Å². The molecule has 9 heteroatoms. The quantitative estimate of drug-likeness (QED) is 0.473. The van der Waals surface area contributed by atoms with Crippen LogP contribution in [0.5, 0.6) is 5.75 Å². The summed E-state index contributed by atoms with van der Waals surface area (Å²) in [4.78, 5) is 12.5. The van der Waals surface area contributed by atoms with Crippen LogP contribution in [0.25, 0.3) is 0 Å². The molecule has 0 spiro atoms. The zero-order valence-electron chi connectivity index (χ0n) is 14.7. The van der Waals surface area contributed by atoms with Crippen LogP contribution in [0.3, 0.4) is 0 Å². The summed E-state index contributed by atoms with van der Waals surface area (Å²) in [7, 11) is 1.82. The number of nitrogens with one attached hydrogen (secondary N) is 1. The zero-order valence-corrected chi connectivity index (χ0v) is 18.5. The molecular weight excluding hydrogens is 488 g/mol. The van der Waals surface area contributed by atoms with E-state index in [-0.39, 0.29) is 12.5 Å². The van der Waals surface area contributed by atoms with Crippen LogP contribution >= 0.6 is 50.7 Å². The number of ether oxygens (including phenoxy) is 1. The van der Waals surface area contributed by atoms with Gasteiger partial charge in [-0.2, -0.15) is 5.10 Å². The lowest BCUT2D eigenvalue weighted by molar-refractivity contribution is 0.0950. The molecule has 0 fully saturated rings. The molecule has 0 bridgehead atoms. The fraction of sp³-hybridized carbons (Fsp3) is 0.158. The predicted molar refractivity (Wildman–Crippen MR) is 114 cm³/mol. The van der Waals surface area contributed by atoms with E-state index in [9.17, 15) is 4.79 Å². The molecule has 0 aliphatic carbocycles. The molecule has 1 heterocycles. The van der Waals surface area contributed by atoms with Crippen molar-refractivity contribution in [2.75, 3.05) is 0 Å². The molecule has 1 aromatic heterocycles. The lowest BCUT2D eigenvalue weighted by Crippen LogP contribution is -2.24. The Morgan fingerprint density at radius 2 is 1.93 bits per heavy atom. The highest BCUT2D eigenvalue weighted by Gasteiger charge is 2.12. The Labute approximate surface area is 185 Å². The van der Waals surface area contributed by atoms with E-state index in [1.165, 1.54) is 0 Å². The van der Waals surface area contributed by atoms with Gasteiger partial charge in [-0.1, -0.05) is 46.9 Å². The number of halogens is 4. The number of benzene rings is 2. The van der Waals surface area contributed by atoms with Crippen molar-refractivity contribution in [1.29, 1.82) is 0 Å². The number of aromatic nitrogens is 2. The molecule has 28 heavy (non-hydrogen) atoms. The molecule has 2 aromatic carbocycles. The van der Waals surface area contributed by atoms with Gasteiger partial charge < -0.3 is 10.1 Å². The highest BCUT2D eigenvalue weighted by atomic mass is 79.9. The van der Waals surface area contributed by atoms with E-state index in [1.807, 2.05) is 13.1 Å².